The van der Waals surface area contributed by atoms with Crippen molar-refractivity contribution in [2.75, 3.05) is 19.0 Å². The van der Waals surface area contributed by atoms with Crippen molar-refractivity contribution in [3.63, 3.8) is 0 Å². The average Bonchev–Trinajstić information content (AvgIpc) is 3.31. The zero-order valence-electron chi connectivity index (χ0n) is 21.8. The molecule has 0 spiro atoms. The first-order valence-electron chi connectivity index (χ1n) is 12.3. The van der Waals surface area contributed by atoms with Crippen LogP contribution in [0.1, 0.15) is 60.3 Å². The molecule has 3 fully saturated rings. The minimum atomic E-state index is -5.00. The van der Waals surface area contributed by atoms with Gasteiger partial charge in [-0.1, -0.05) is 0 Å². The number of carbonyl (C=O) groups excluding carboxylic acids is 2. The van der Waals surface area contributed by atoms with Gasteiger partial charge in [-0.25, -0.2) is 4.79 Å². The summed E-state index contributed by atoms with van der Waals surface area (Å²) in [5.41, 5.74) is -10.2. The van der Waals surface area contributed by atoms with Gasteiger partial charge >= 0.3 is 170 Å². The van der Waals surface area contributed by atoms with E-state index in [0.29, 0.717) is 6.42 Å². The third-order valence-corrected chi connectivity index (χ3v) is 10.6. The number of hydrogen-bond donors (Lipinski definition) is 8. The molecular formula is C22H41N2O11PS. The van der Waals surface area contributed by atoms with Crippen LogP contribution < -0.4 is 10.6 Å². The number of aliphatic hydroxyl groups is 3. The Morgan fingerprint density at radius 1 is 1.00 bits per heavy atom. The second-order valence-corrected chi connectivity index (χ2v) is 13.9. The summed E-state index contributed by atoms with van der Waals surface area (Å²) in [6.07, 6.45) is 2.24. The summed E-state index contributed by atoms with van der Waals surface area (Å²) in [7, 11) is -5.00. The molecule has 15 heteroatoms. The Hall–Kier alpha value is -0.800. The molecule has 3 aliphatic rings. The normalized spacial score (nSPS) is 44.2. The van der Waals surface area contributed by atoms with Gasteiger partial charge in [-0.3, -0.25) is 0 Å². The van der Waals surface area contributed by atoms with Crippen molar-refractivity contribution in [1.29, 1.82) is 0 Å². The Bertz CT molecular complexity index is 883. The number of ether oxygens (including phenoxy) is 2. The minimum absolute atomic E-state index is 0.0914. The van der Waals surface area contributed by atoms with Crippen LogP contribution >= 0.6 is 19.9 Å². The van der Waals surface area contributed by atoms with Gasteiger partial charge in [-0.15, -0.1) is 0 Å². The molecule has 8 N–H and O–H groups in total. The predicted molar refractivity (Wildman–Crippen MR) is 136 cm³/mol. The number of thioether (sulfide) groups is 1. The summed E-state index contributed by atoms with van der Waals surface area (Å²) < 4.78 is 16.1. The monoisotopic (exact) mass is 572 g/mol. The second-order valence-electron chi connectivity index (χ2n) is 11.2. The predicted octanol–water partition coefficient (Wildman–Crippen LogP) is -0.541. The molecule has 3 rings (SSSR count). The van der Waals surface area contributed by atoms with Crippen LogP contribution in [-0.2, 0) is 18.8 Å². The molecule has 0 aromatic heterocycles. The van der Waals surface area contributed by atoms with Gasteiger partial charge in [-0.2, -0.15) is 11.8 Å². The van der Waals surface area contributed by atoms with E-state index in [0.717, 1.165) is 18.6 Å². The molecule has 3 saturated heterocycles. The number of rotatable bonds is 10. The number of carbonyl (C=O) groups is 2. The van der Waals surface area contributed by atoms with Crippen molar-refractivity contribution in [3.05, 3.63) is 0 Å². The van der Waals surface area contributed by atoms with Gasteiger partial charge in [0.25, 0.3) is 0 Å². The third kappa shape index (κ3) is 5.74. The molecule has 13 nitrogen and oxygen atoms in total. The van der Waals surface area contributed by atoms with Gasteiger partial charge in [0.15, 0.2) is 0 Å². The molecule has 0 aromatic carbocycles. The molecule has 216 valence electrons. The van der Waals surface area contributed by atoms with E-state index in [2.05, 4.69) is 10.6 Å². The fraction of sp³-hybridized carbons (Fsp3) is 0.909. The third-order valence-electron chi connectivity index (χ3n) is 8.51. The van der Waals surface area contributed by atoms with Crippen LogP contribution in [0.25, 0.3) is 0 Å². The summed E-state index contributed by atoms with van der Waals surface area (Å²) in [4.78, 5) is 51.9. The molecule has 5 unspecified atom stereocenters. The van der Waals surface area contributed by atoms with Crippen LogP contribution in [0.15, 0.2) is 0 Å². The van der Waals surface area contributed by atoms with E-state index >= 15 is 0 Å². The van der Waals surface area contributed by atoms with Crippen molar-refractivity contribution < 1.29 is 53.6 Å². The fourth-order valence-electron chi connectivity index (χ4n) is 5.32. The summed E-state index contributed by atoms with van der Waals surface area (Å²) in [6, 6.07) is 0.0805. The maximum absolute atomic E-state index is 12.5. The quantitative estimate of drug-likeness (QED) is 0.0719. The molecule has 0 aromatic rings. The molecule has 2 amide bonds. The van der Waals surface area contributed by atoms with Gasteiger partial charge < -0.3 is 10.6 Å². The molecule has 8 atom stereocenters. The Balaban J connectivity index is 1.58. The standard InChI is InChI=1S/C22H41N2O11PS/c1-18(11-33-15(25)9-7-6-8-14-16-13(10-37-14)23-17(26)24-16)20(3,27)22(5,29)21(4,28)19(2,35-18)12-34-36(30,31)32/h13-14,16,27-32,36H,6-12H2,1-5H3,(H2,23,24,26)/t13-,14?,16-,18+,19?,20?,21?,22?/m0/s1. The van der Waals surface area contributed by atoms with Crippen molar-refractivity contribution in [3.8, 4) is 0 Å². The van der Waals surface area contributed by atoms with Gasteiger partial charge in [0, 0.05) is 11.0 Å². The van der Waals surface area contributed by atoms with Crippen molar-refractivity contribution in [1.82, 2.24) is 10.6 Å². The SMILES string of the molecule is CC1(CO[PH](O)(O)O)O[C@](C)(COC(=O)CCCCC2SC[C@@H]3NC(=O)N[C@H]23)C(C)(O)C(C)(O)C1(C)O. The molecule has 0 bridgehead atoms. The molecule has 0 saturated carbocycles. The molecule has 0 aliphatic carbocycles. The van der Waals surface area contributed by atoms with E-state index in [4.69, 9.17) is 14.0 Å². The summed E-state index contributed by atoms with van der Waals surface area (Å²) in [5.74, 6) is 0.309. The van der Waals surface area contributed by atoms with E-state index in [-0.39, 0.29) is 29.8 Å². The second kappa shape index (κ2) is 10.3. The molecule has 0 radical (unpaired) electrons. The van der Waals surface area contributed by atoms with Crippen molar-refractivity contribution >= 4 is 31.9 Å². The van der Waals surface area contributed by atoms with Crippen LogP contribution in [0, 0.1) is 0 Å². The topological polar surface area (TPSA) is 207 Å². The Kier molecular flexibility index (Phi) is 8.56. The van der Waals surface area contributed by atoms with E-state index in [1.807, 2.05) is 0 Å². The van der Waals surface area contributed by atoms with E-state index in [1.54, 1.807) is 11.8 Å². The number of nitrogens with one attached hydrogen (secondary N) is 2. The van der Waals surface area contributed by atoms with Crippen molar-refractivity contribution in [2.45, 2.75) is 106 Å². The Morgan fingerprint density at radius 2 is 1.59 bits per heavy atom. The first kappa shape index (κ1) is 30.7. The number of unbranched alkanes of at least 4 members (excludes halogenated alkanes) is 1. The number of fused-ring (bicyclic) bond motifs is 1. The van der Waals surface area contributed by atoms with Crippen LogP contribution in [-0.4, -0.2) is 106 Å². The van der Waals surface area contributed by atoms with Crippen LogP contribution in [0.3, 0.4) is 0 Å². The number of hydrogen-bond acceptors (Lipinski definition) is 12. The first-order valence-corrected chi connectivity index (χ1v) is 15.1. The van der Waals surface area contributed by atoms with E-state index in [9.17, 15) is 39.6 Å². The summed E-state index contributed by atoms with van der Waals surface area (Å²) in [6.45, 7) is 5.07. The average molecular weight is 573 g/mol. The van der Waals surface area contributed by atoms with Gasteiger partial charge in [-0.05, 0) is 0 Å². The fourth-order valence-corrected chi connectivity index (χ4v) is 7.34. The molecule has 3 heterocycles. The first-order chi connectivity index (χ1) is 16.8. The zero-order chi connectivity index (χ0) is 28.1. The zero-order valence-corrected chi connectivity index (χ0v) is 23.6. The maximum atomic E-state index is 12.5. The Morgan fingerprint density at radius 3 is 2.19 bits per heavy atom. The molecule has 37 heavy (non-hydrogen) atoms. The van der Waals surface area contributed by atoms with Gasteiger partial charge in [0.2, 0.25) is 0 Å². The van der Waals surface area contributed by atoms with Crippen LogP contribution in [0.5, 0.6) is 0 Å². The van der Waals surface area contributed by atoms with Crippen LogP contribution in [0.4, 0.5) is 4.79 Å². The number of amides is 2. The number of esters is 1. The summed E-state index contributed by atoms with van der Waals surface area (Å²) >= 11 is 1.79. The van der Waals surface area contributed by atoms with E-state index in [1.165, 1.54) is 34.6 Å². The van der Waals surface area contributed by atoms with Crippen LogP contribution in [0.2, 0.25) is 0 Å². The summed E-state index contributed by atoms with van der Waals surface area (Å²) in [5, 5.41) is 39.9. The van der Waals surface area contributed by atoms with Gasteiger partial charge in [0.05, 0.1) is 12.1 Å². The Labute approximate surface area is 220 Å². The number of urea groups is 1. The molecule has 3 aliphatic heterocycles. The van der Waals surface area contributed by atoms with Crippen molar-refractivity contribution in [2.24, 2.45) is 0 Å². The molecular weight excluding hydrogens is 531 g/mol. The van der Waals surface area contributed by atoms with Gasteiger partial charge in [0.1, 0.15) is 0 Å². The van der Waals surface area contributed by atoms with E-state index < -0.39 is 55.4 Å².